The van der Waals surface area contributed by atoms with Crippen LogP contribution in [0.15, 0.2) is 0 Å². The molecule has 2 rings (SSSR count). The molecule has 0 spiro atoms. The molecular weight excluding hydrogens is 178 g/mol. The lowest BCUT2D eigenvalue weighted by Gasteiger charge is -1.82. The minimum Gasteiger partial charge on any atom is -0.381 e. The van der Waals surface area contributed by atoms with E-state index in [0.29, 0.717) is 0 Å². The van der Waals surface area contributed by atoms with Crippen LogP contribution in [0.5, 0.6) is 0 Å². The zero-order valence-electron chi connectivity index (χ0n) is 6.47. The normalized spacial score (nSPS) is 22.4. The minimum atomic E-state index is 0.954. The van der Waals surface area contributed by atoms with Gasteiger partial charge in [-0.1, -0.05) is 24.0 Å². The van der Waals surface area contributed by atoms with Crippen LogP contribution in [0.1, 0.15) is 12.8 Å². The molecule has 2 saturated heterocycles. The van der Waals surface area contributed by atoms with Crippen LogP contribution >= 0.6 is 24.0 Å². The van der Waals surface area contributed by atoms with Gasteiger partial charge in [0.25, 0.3) is 0 Å². The van der Waals surface area contributed by atoms with Crippen molar-refractivity contribution in [2.75, 3.05) is 25.5 Å². The SMILES string of the molecule is C1CCOC1.S=C1NCCS1. The Hall–Kier alpha value is 0.200. The van der Waals surface area contributed by atoms with Crippen molar-refractivity contribution in [3.8, 4) is 0 Å². The first-order valence-corrected chi connectivity index (χ1v) is 5.27. The van der Waals surface area contributed by atoms with Crippen LogP contribution in [0.3, 0.4) is 0 Å². The third-order valence-electron chi connectivity index (χ3n) is 1.43. The Morgan fingerprint density at radius 1 is 1.36 bits per heavy atom. The Balaban J connectivity index is 0.000000112. The molecule has 0 atom stereocenters. The predicted molar refractivity (Wildman–Crippen MR) is 53.1 cm³/mol. The van der Waals surface area contributed by atoms with Gasteiger partial charge in [-0.25, -0.2) is 0 Å². The van der Waals surface area contributed by atoms with Gasteiger partial charge in [-0.05, 0) is 12.8 Å². The second-order valence-electron chi connectivity index (χ2n) is 2.38. The van der Waals surface area contributed by atoms with Gasteiger partial charge in [0.1, 0.15) is 4.32 Å². The number of thiocarbonyl (C=S) groups is 1. The van der Waals surface area contributed by atoms with Gasteiger partial charge in [0.2, 0.25) is 0 Å². The van der Waals surface area contributed by atoms with Crippen molar-refractivity contribution in [1.29, 1.82) is 0 Å². The number of hydrogen-bond donors (Lipinski definition) is 1. The minimum absolute atomic E-state index is 0.954. The molecule has 0 saturated carbocycles. The van der Waals surface area contributed by atoms with Crippen molar-refractivity contribution in [3.63, 3.8) is 0 Å². The lowest BCUT2D eigenvalue weighted by atomic mass is 10.4. The van der Waals surface area contributed by atoms with Crippen LogP contribution in [-0.4, -0.2) is 29.8 Å². The van der Waals surface area contributed by atoms with E-state index in [0.717, 1.165) is 29.8 Å². The fourth-order valence-corrected chi connectivity index (χ4v) is 1.80. The van der Waals surface area contributed by atoms with Gasteiger partial charge in [-0.15, -0.1) is 0 Å². The summed E-state index contributed by atoms with van der Waals surface area (Å²) in [6.07, 6.45) is 2.56. The van der Waals surface area contributed by atoms with Gasteiger partial charge in [-0.2, -0.15) is 0 Å². The molecule has 2 fully saturated rings. The van der Waals surface area contributed by atoms with Crippen LogP contribution in [0.2, 0.25) is 0 Å². The Morgan fingerprint density at radius 2 is 2.09 bits per heavy atom. The summed E-state index contributed by atoms with van der Waals surface area (Å²) in [4.78, 5) is 0. The summed E-state index contributed by atoms with van der Waals surface area (Å²) in [5.41, 5.74) is 0. The van der Waals surface area contributed by atoms with Gasteiger partial charge in [0.05, 0.1) is 0 Å². The second-order valence-corrected chi connectivity index (χ2v) is 4.15. The van der Waals surface area contributed by atoms with Crippen molar-refractivity contribution in [2.45, 2.75) is 12.8 Å². The average molecular weight is 191 g/mol. The highest BCUT2D eigenvalue weighted by Crippen LogP contribution is 2.05. The smallest absolute Gasteiger partial charge is 0.133 e. The fraction of sp³-hybridized carbons (Fsp3) is 0.857. The molecule has 4 heteroatoms. The topological polar surface area (TPSA) is 21.3 Å². The first-order valence-electron chi connectivity index (χ1n) is 3.88. The van der Waals surface area contributed by atoms with Gasteiger partial charge >= 0.3 is 0 Å². The van der Waals surface area contributed by atoms with Crippen LogP contribution in [0.25, 0.3) is 0 Å². The molecule has 0 amide bonds. The molecule has 2 aliphatic rings. The van der Waals surface area contributed by atoms with Gasteiger partial charge in [-0.3, -0.25) is 0 Å². The lowest BCUT2D eigenvalue weighted by Crippen LogP contribution is -2.09. The number of rotatable bonds is 0. The van der Waals surface area contributed by atoms with Crippen LogP contribution in [-0.2, 0) is 4.74 Å². The van der Waals surface area contributed by atoms with E-state index in [9.17, 15) is 0 Å². The highest BCUT2D eigenvalue weighted by molar-refractivity contribution is 8.23. The monoisotopic (exact) mass is 191 g/mol. The lowest BCUT2D eigenvalue weighted by molar-refractivity contribution is 0.198. The molecule has 0 radical (unpaired) electrons. The highest BCUT2D eigenvalue weighted by Gasteiger charge is 2.01. The first-order chi connectivity index (χ1) is 5.39. The third-order valence-corrected chi connectivity index (χ3v) is 2.74. The maximum atomic E-state index is 4.94. The van der Waals surface area contributed by atoms with E-state index in [4.69, 9.17) is 17.0 Å². The molecule has 2 heterocycles. The maximum Gasteiger partial charge on any atom is 0.133 e. The molecule has 2 nitrogen and oxygen atoms in total. The summed E-state index contributed by atoms with van der Waals surface area (Å²) in [6, 6.07) is 0. The molecular formula is C7H13NOS2. The van der Waals surface area contributed by atoms with E-state index in [-0.39, 0.29) is 0 Å². The molecule has 0 aromatic heterocycles. The summed E-state index contributed by atoms with van der Waals surface area (Å²) >= 11 is 6.49. The molecule has 0 aromatic rings. The maximum absolute atomic E-state index is 4.94. The zero-order valence-corrected chi connectivity index (χ0v) is 8.10. The van der Waals surface area contributed by atoms with Crippen LogP contribution in [0.4, 0.5) is 0 Å². The van der Waals surface area contributed by atoms with Crippen molar-refractivity contribution in [1.82, 2.24) is 5.32 Å². The van der Waals surface area contributed by atoms with Gasteiger partial charge in [0, 0.05) is 25.5 Å². The molecule has 0 unspecified atom stereocenters. The number of nitrogens with one attached hydrogen (secondary N) is 1. The first kappa shape index (κ1) is 9.29. The Morgan fingerprint density at radius 3 is 2.27 bits per heavy atom. The molecule has 11 heavy (non-hydrogen) atoms. The summed E-state index contributed by atoms with van der Waals surface area (Å²) in [5, 5.41) is 3.01. The Labute approximate surface area is 77.1 Å². The van der Waals surface area contributed by atoms with E-state index >= 15 is 0 Å². The van der Waals surface area contributed by atoms with Gasteiger partial charge in [0.15, 0.2) is 0 Å². The summed E-state index contributed by atoms with van der Waals surface area (Å²) < 4.78 is 5.90. The second kappa shape index (κ2) is 5.80. The van der Waals surface area contributed by atoms with Crippen molar-refractivity contribution >= 4 is 28.3 Å². The van der Waals surface area contributed by atoms with Crippen molar-refractivity contribution in [3.05, 3.63) is 0 Å². The molecule has 0 bridgehead atoms. The van der Waals surface area contributed by atoms with Crippen LogP contribution in [0, 0.1) is 0 Å². The molecule has 2 aliphatic heterocycles. The zero-order chi connectivity index (χ0) is 7.94. The van der Waals surface area contributed by atoms with E-state index in [1.807, 2.05) is 0 Å². The number of thioether (sulfide) groups is 1. The molecule has 64 valence electrons. The average Bonchev–Trinajstić information content (AvgIpc) is 2.57. The predicted octanol–water partition coefficient (Wildman–Crippen LogP) is 1.40. The van der Waals surface area contributed by atoms with Crippen molar-refractivity contribution in [2.24, 2.45) is 0 Å². The Kier molecular flexibility index (Phi) is 4.90. The summed E-state index contributed by atoms with van der Waals surface area (Å²) in [5.74, 6) is 1.15. The van der Waals surface area contributed by atoms with E-state index in [2.05, 4.69) is 5.32 Å². The number of ether oxygens (including phenoxy) is 1. The quantitative estimate of drug-likeness (QED) is 0.584. The van der Waals surface area contributed by atoms with E-state index < -0.39 is 0 Å². The van der Waals surface area contributed by atoms with Crippen molar-refractivity contribution < 1.29 is 4.74 Å². The summed E-state index contributed by atoms with van der Waals surface area (Å²) in [6.45, 7) is 3.06. The van der Waals surface area contributed by atoms with Crippen LogP contribution < -0.4 is 5.32 Å². The number of hydrogen-bond acceptors (Lipinski definition) is 3. The van der Waals surface area contributed by atoms with E-state index in [1.54, 1.807) is 11.8 Å². The third kappa shape index (κ3) is 4.61. The standard InChI is InChI=1S/C4H8O.C3H5NS2/c1-2-4-5-3-1;5-3-4-1-2-6-3/h1-4H2;1-2H2,(H,4,5). The molecule has 1 N–H and O–H groups in total. The molecule has 0 aliphatic carbocycles. The highest BCUT2D eigenvalue weighted by atomic mass is 32.2. The molecule has 0 aromatic carbocycles. The fourth-order valence-electron chi connectivity index (χ4n) is 0.858. The Bertz CT molecular complexity index is 110. The largest absolute Gasteiger partial charge is 0.381 e. The van der Waals surface area contributed by atoms with E-state index in [1.165, 1.54) is 12.8 Å². The summed E-state index contributed by atoms with van der Waals surface area (Å²) in [7, 11) is 0. The van der Waals surface area contributed by atoms with Gasteiger partial charge < -0.3 is 10.1 Å².